The van der Waals surface area contributed by atoms with Crippen molar-refractivity contribution in [3.8, 4) is 6.57 Å². The van der Waals surface area contributed by atoms with Crippen molar-refractivity contribution in [1.29, 1.82) is 5.26 Å². The number of nitriles is 1. The minimum atomic E-state index is 0.954. The van der Waals surface area contributed by atoms with Crippen LogP contribution in [0.25, 0.3) is 0 Å². The minimum absolute atomic E-state index is 0.954. The summed E-state index contributed by atoms with van der Waals surface area (Å²) in [4.78, 5) is 2.64. The molecule has 0 radical (unpaired) electrons. The molecule has 2 heteroatoms. The Bertz CT molecular complexity index is 154. The van der Waals surface area contributed by atoms with Crippen LogP contribution in [0.5, 0.6) is 0 Å². The van der Waals surface area contributed by atoms with E-state index in [2.05, 4.69) is 25.3 Å². The molecule has 0 aliphatic carbocycles. The van der Waals surface area contributed by atoms with Gasteiger partial charge in [-0.1, -0.05) is 39.5 Å². The Morgan fingerprint density at radius 3 is 2.40 bits per heavy atom. The molecule has 88 valence electrons. The Labute approximate surface area is 95.3 Å². The summed E-state index contributed by atoms with van der Waals surface area (Å²) in [7, 11) is 0. The van der Waals surface area contributed by atoms with Crippen molar-refractivity contribution in [1.82, 2.24) is 4.90 Å². The lowest BCUT2D eigenvalue weighted by Gasteiger charge is -2.14. The van der Waals surface area contributed by atoms with Gasteiger partial charge in [-0.05, 0) is 31.8 Å². The van der Waals surface area contributed by atoms with Crippen LogP contribution in [0.1, 0.15) is 52.4 Å². The van der Waals surface area contributed by atoms with Crippen LogP contribution in [0.15, 0.2) is 0 Å². The first kappa shape index (κ1) is 14.5. The van der Waals surface area contributed by atoms with Crippen molar-refractivity contribution in [3.05, 3.63) is 0 Å². The molecule has 1 atom stereocenters. The molecule has 0 aromatic rings. The van der Waals surface area contributed by atoms with Crippen molar-refractivity contribution >= 4 is 0 Å². The van der Waals surface area contributed by atoms with Gasteiger partial charge in [0.25, 0.3) is 0 Å². The predicted octanol–water partition coefficient (Wildman–Crippen LogP) is 3.44. The zero-order valence-corrected chi connectivity index (χ0v) is 10.4. The molecule has 0 spiro atoms. The lowest BCUT2D eigenvalue weighted by molar-refractivity contribution is 0.318. The number of likely N-dealkylation sites (tertiary alicyclic amines) is 1. The van der Waals surface area contributed by atoms with E-state index in [1.807, 2.05) is 0 Å². The van der Waals surface area contributed by atoms with Gasteiger partial charge in [0.15, 0.2) is 0 Å². The third-order valence-electron chi connectivity index (χ3n) is 3.09. The van der Waals surface area contributed by atoms with E-state index in [9.17, 15) is 0 Å². The van der Waals surface area contributed by atoms with E-state index in [0.29, 0.717) is 0 Å². The molecule has 0 aromatic carbocycles. The van der Waals surface area contributed by atoms with Crippen LogP contribution in [0.3, 0.4) is 0 Å². The molecule has 1 unspecified atom stereocenters. The predicted molar refractivity (Wildman–Crippen MR) is 65.7 cm³/mol. The van der Waals surface area contributed by atoms with Crippen LogP contribution >= 0.6 is 0 Å². The van der Waals surface area contributed by atoms with Gasteiger partial charge in [0.05, 0.1) is 0 Å². The first-order valence-corrected chi connectivity index (χ1v) is 6.31. The minimum Gasteiger partial charge on any atom is -0.303 e. The van der Waals surface area contributed by atoms with E-state index in [-0.39, 0.29) is 0 Å². The highest BCUT2D eigenvalue weighted by Crippen LogP contribution is 2.15. The average molecular weight is 210 g/mol. The van der Waals surface area contributed by atoms with E-state index in [0.717, 1.165) is 5.92 Å². The maximum Gasteiger partial charge on any atom is 0.0462 e. The average Bonchev–Trinajstić information content (AvgIpc) is 2.67. The fourth-order valence-corrected chi connectivity index (χ4v) is 2.17. The van der Waals surface area contributed by atoms with Gasteiger partial charge in [-0.25, -0.2) is 5.26 Å². The van der Waals surface area contributed by atoms with Gasteiger partial charge < -0.3 is 4.90 Å². The monoisotopic (exact) mass is 210 g/mol. The van der Waals surface area contributed by atoms with Gasteiger partial charge in [-0.3, -0.25) is 0 Å². The summed E-state index contributed by atoms with van der Waals surface area (Å²) >= 11 is 0. The molecule has 1 saturated heterocycles. The topological polar surface area (TPSA) is 27.0 Å². The van der Waals surface area contributed by atoms with E-state index in [1.54, 1.807) is 0 Å². The normalized spacial score (nSPS) is 20.9. The van der Waals surface area contributed by atoms with Gasteiger partial charge in [-0.2, -0.15) is 0 Å². The summed E-state index contributed by atoms with van der Waals surface area (Å²) in [6, 6.07) is 0. The Kier molecular flexibility index (Phi) is 9.62. The van der Waals surface area contributed by atoms with Crippen LogP contribution in [0.2, 0.25) is 0 Å². The van der Waals surface area contributed by atoms with Crippen LogP contribution < -0.4 is 0 Å². The standard InChI is InChI=1S/C12H25N.CHN/c1-3-4-5-6-7-9-13-10-8-12(2)11-13;1-2/h12H,3-11H2,1-2H3;1H. The van der Waals surface area contributed by atoms with Gasteiger partial charge in [0.1, 0.15) is 0 Å². The summed E-state index contributed by atoms with van der Waals surface area (Å²) < 4.78 is 0. The molecule has 0 bridgehead atoms. The molecule has 0 aromatic heterocycles. The summed E-state index contributed by atoms with van der Waals surface area (Å²) in [6.07, 6.45) is 8.53. The molecule has 1 aliphatic heterocycles. The van der Waals surface area contributed by atoms with Crippen LogP contribution in [0.4, 0.5) is 0 Å². The maximum atomic E-state index is 6.50. The Balaban J connectivity index is 0.000000921. The molecule has 1 aliphatic rings. The third-order valence-corrected chi connectivity index (χ3v) is 3.09. The fourth-order valence-electron chi connectivity index (χ4n) is 2.17. The molecule has 15 heavy (non-hydrogen) atoms. The smallest absolute Gasteiger partial charge is 0.0462 e. The lowest BCUT2D eigenvalue weighted by Crippen LogP contribution is -2.21. The van der Waals surface area contributed by atoms with Gasteiger partial charge in [-0.15, -0.1) is 0 Å². The zero-order valence-electron chi connectivity index (χ0n) is 10.4. The van der Waals surface area contributed by atoms with Gasteiger partial charge >= 0.3 is 0 Å². The van der Waals surface area contributed by atoms with Crippen LogP contribution in [0, 0.1) is 17.8 Å². The first-order valence-electron chi connectivity index (χ1n) is 6.31. The van der Waals surface area contributed by atoms with Crippen molar-refractivity contribution in [2.45, 2.75) is 52.4 Å². The third kappa shape index (κ3) is 7.39. The maximum absolute atomic E-state index is 6.50. The van der Waals surface area contributed by atoms with Crippen LogP contribution in [-0.4, -0.2) is 24.5 Å². The highest BCUT2D eigenvalue weighted by Gasteiger charge is 2.17. The summed E-state index contributed by atoms with van der Waals surface area (Å²) in [6.45, 7) is 12.2. The number of rotatable bonds is 6. The SMILES string of the molecule is C#N.CCCCCCCN1CCC(C)C1. The number of hydrogen-bond donors (Lipinski definition) is 0. The van der Waals surface area contributed by atoms with E-state index in [4.69, 9.17) is 5.26 Å². The lowest BCUT2D eigenvalue weighted by atomic mass is 10.1. The van der Waals surface area contributed by atoms with Gasteiger partial charge in [0, 0.05) is 13.1 Å². The Hall–Kier alpha value is -0.550. The van der Waals surface area contributed by atoms with Crippen molar-refractivity contribution in [2.24, 2.45) is 5.92 Å². The molecule has 2 nitrogen and oxygen atoms in total. The second kappa shape index (κ2) is 9.98. The highest BCUT2D eigenvalue weighted by atomic mass is 15.1. The molecule has 1 rings (SSSR count). The molecule has 0 saturated carbocycles. The zero-order chi connectivity index (χ0) is 11.5. The molecule has 0 N–H and O–H groups in total. The van der Waals surface area contributed by atoms with Crippen molar-refractivity contribution in [2.75, 3.05) is 19.6 Å². The summed E-state index contributed by atoms with van der Waals surface area (Å²) in [5, 5.41) is 6.50. The second-order valence-electron chi connectivity index (χ2n) is 4.61. The van der Waals surface area contributed by atoms with Crippen molar-refractivity contribution in [3.63, 3.8) is 0 Å². The number of hydrogen-bond acceptors (Lipinski definition) is 2. The van der Waals surface area contributed by atoms with E-state index in [1.165, 1.54) is 58.2 Å². The molecule has 1 heterocycles. The molecule has 1 fully saturated rings. The van der Waals surface area contributed by atoms with Crippen molar-refractivity contribution < 1.29 is 0 Å². The Morgan fingerprint density at radius 1 is 1.20 bits per heavy atom. The highest BCUT2D eigenvalue weighted by molar-refractivity contribution is 4.71. The summed E-state index contributed by atoms with van der Waals surface area (Å²) in [5.41, 5.74) is 0. The molecular formula is C13H26N2. The van der Waals surface area contributed by atoms with E-state index < -0.39 is 0 Å². The number of unbranched alkanes of at least 4 members (excludes halogenated alkanes) is 4. The number of nitrogens with zero attached hydrogens (tertiary/aromatic N) is 2. The van der Waals surface area contributed by atoms with Crippen LogP contribution in [-0.2, 0) is 0 Å². The van der Waals surface area contributed by atoms with E-state index >= 15 is 0 Å². The molecule has 0 amide bonds. The fraction of sp³-hybridized carbons (Fsp3) is 0.923. The molecular weight excluding hydrogens is 184 g/mol. The second-order valence-corrected chi connectivity index (χ2v) is 4.61. The largest absolute Gasteiger partial charge is 0.303 e. The van der Waals surface area contributed by atoms with Gasteiger partial charge in [0.2, 0.25) is 0 Å². The quantitative estimate of drug-likeness (QED) is 0.628. The Morgan fingerprint density at radius 2 is 1.87 bits per heavy atom. The first-order chi connectivity index (χ1) is 7.33. The summed E-state index contributed by atoms with van der Waals surface area (Å²) in [5.74, 6) is 0.954.